The predicted octanol–water partition coefficient (Wildman–Crippen LogP) is 2.59. The molecule has 106 valence electrons. The number of carbonyl (C=O) groups is 1. The quantitative estimate of drug-likeness (QED) is 0.517. The molecule has 0 aliphatic heterocycles. The average molecular weight is 287 g/mol. The summed E-state index contributed by atoms with van der Waals surface area (Å²) >= 11 is 5.84. The van der Waals surface area contributed by atoms with Gasteiger partial charge in [-0.15, -0.1) is 0 Å². The number of hydrogen-bond acceptors (Lipinski definition) is 4. The lowest BCUT2D eigenvalue weighted by Crippen LogP contribution is -2.23. The second-order valence-corrected chi connectivity index (χ2v) is 4.43. The van der Waals surface area contributed by atoms with Crippen LogP contribution in [0.5, 0.6) is 0 Å². The summed E-state index contributed by atoms with van der Waals surface area (Å²) in [6, 6.07) is 6.84. The fourth-order valence-corrected chi connectivity index (χ4v) is 1.67. The van der Waals surface area contributed by atoms with Gasteiger partial charge < -0.3 is 14.2 Å². The van der Waals surface area contributed by atoms with E-state index in [1.165, 1.54) is 0 Å². The van der Waals surface area contributed by atoms with Crippen molar-refractivity contribution in [2.24, 2.45) is 0 Å². The molecule has 0 saturated carbocycles. The zero-order valence-electron chi connectivity index (χ0n) is 11.2. The number of methoxy groups -OCH3 is 1. The Morgan fingerprint density at radius 3 is 2.68 bits per heavy atom. The molecule has 0 aliphatic carbocycles. The summed E-state index contributed by atoms with van der Waals surface area (Å²) in [6.07, 6.45) is -0.510. The molecule has 1 atom stereocenters. The van der Waals surface area contributed by atoms with Gasteiger partial charge in [0.25, 0.3) is 0 Å². The Hall–Kier alpha value is -0.940. The van der Waals surface area contributed by atoms with Crippen molar-refractivity contribution in [1.29, 1.82) is 0 Å². The lowest BCUT2D eigenvalue weighted by atomic mass is 10.1. The minimum absolute atomic E-state index is 0.0839. The van der Waals surface area contributed by atoms with Crippen molar-refractivity contribution in [3.05, 3.63) is 34.9 Å². The Bertz CT molecular complexity index is 395. The first-order valence-electron chi connectivity index (χ1n) is 6.13. The van der Waals surface area contributed by atoms with Crippen LogP contribution in [0.3, 0.4) is 0 Å². The molecular weight excluding hydrogens is 268 g/mol. The summed E-state index contributed by atoms with van der Waals surface area (Å²) < 4.78 is 15.5. The Balaban J connectivity index is 2.29. The summed E-state index contributed by atoms with van der Waals surface area (Å²) in [5, 5.41) is 0.543. The molecule has 0 saturated heterocycles. The molecule has 1 aromatic rings. The first kappa shape index (κ1) is 16.1. The molecule has 19 heavy (non-hydrogen) atoms. The molecule has 1 rings (SSSR count). The van der Waals surface area contributed by atoms with E-state index < -0.39 is 6.10 Å². The number of rotatable bonds is 9. The molecule has 0 aliphatic rings. The van der Waals surface area contributed by atoms with Gasteiger partial charge in [0.1, 0.15) is 6.10 Å². The topological polar surface area (TPSA) is 44.8 Å². The van der Waals surface area contributed by atoms with Crippen LogP contribution in [0.25, 0.3) is 0 Å². The van der Waals surface area contributed by atoms with Crippen molar-refractivity contribution >= 4 is 17.4 Å². The van der Waals surface area contributed by atoms with Crippen LogP contribution in [0.1, 0.15) is 17.3 Å². The molecule has 0 radical (unpaired) electrons. The Morgan fingerprint density at radius 2 is 2.00 bits per heavy atom. The fourth-order valence-electron chi connectivity index (χ4n) is 1.48. The van der Waals surface area contributed by atoms with Crippen LogP contribution in [-0.2, 0) is 14.2 Å². The molecule has 0 heterocycles. The van der Waals surface area contributed by atoms with E-state index in [0.717, 1.165) is 0 Å². The van der Waals surface area contributed by atoms with E-state index in [-0.39, 0.29) is 5.78 Å². The minimum Gasteiger partial charge on any atom is -0.382 e. The molecule has 0 N–H and O–H groups in total. The van der Waals surface area contributed by atoms with Crippen LogP contribution in [0.4, 0.5) is 0 Å². The molecule has 5 heteroatoms. The van der Waals surface area contributed by atoms with Gasteiger partial charge in [-0.05, 0) is 19.1 Å². The molecule has 1 aromatic carbocycles. The zero-order chi connectivity index (χ0) is 14.1. The van der Waals surface area contributed by atoms with E-state index in [1.54, 1.807) is 38.3 Å². The highest BCUT2D eigenvalue weighted by Crippen LogP contribution is 2.13. The number of hydrogen-bond donors (Lipinski definition) is 0. The molecule has 0 bridgehead atoms. The lowest BCUT2D eigenvalue weighted by molar-refractivity contribution is 0.00355. The highest BCUT2D eigenvalue weighted by Gasteiger charge is 2.15. The van der Waals surface area contributed by atoms with E-state index in [0.29, 0.717) is 37.0 Å². The Labute approximate surface area is 118 Å². The number of halogens is 1. The number of ketones is 1. The van der Waals surface area contributed by atoms with E-state index in [1.807, 2.05) is 0 Å². The number of Topliss-reactive ketones (excluding diaryl/α,β-unsaturated/α-hetero) is 1. The van der Waals surface area contributed by atoms with Crippen LogP contribution in [-0.4, -0.2) is 45.4 Å². The van der Waals surface area contributed by atoms with Gasteiger partial charge in [-0.25, -0.2) is 0 Å². The third-order valence-electron chi connectivity index (χ3n) is 2.51. The fraction of sp³-hybridized carbons (Fsp3) is 0.500. The maximum Gasteiger partial charge on any atom is 0.191 e. The molecule has 4 nitrogen and oxygen atoms in total. The number of ether oxygens (including phenoxy) is 3. The maximum absolute atomic E-state index is 12.0. The molecule has 0 fully saturated rings. The van der Waals surface area contributed by atoms with Crippen molar-refractivity contribution < 1.29 is 19.0 Å². The Morgan fingerprint density at radius 1 is 1.26 bits per heavy atom. The highest BCUT2D eigenvalue weighted by molar-refractivity contribution is 6.31. The molecule has 1 unspecified atom stereocenters. The second-order valence-electron chi connectivity index (χ2n) is 3.99. The minimum atomic E-state index is -0.510. The van der Waals surface area contributed by atoms with Crippen molar-refractivity contribution in [3.8, 4) is 0 Å². The smallest absolute Gasteiger partial charge is 0.191 e. The van der Waals surface area contributed by atoms with Crippen molar-refractivity contribution in [1.82, 2.24) is 0 Å². The average Bonchev–Trinajstić information content (AvgIpc) is 2.41. The molecular formula is C14H19ClO4. The SMILES string of the molecule is COCCOCCOC(C)C(=O)c1cccc(Cl)c1. The van der Waals surface area contributed by atoms with E-state index in [9.17, 15) is 4.79 Å². The summed E-state index contributed by atoms with van der Waals surface area (Å²) in [7, 11) is 1.62. The zero-order valence-corrected chi connectivity index (χ0v) is 12.0. The van der Waals surface area contributed by atoms with Crippen LogP contribution in [0.2, 0.25) is 5.02 Å². The van der Waals surface area contributed by atoms with Gasteiger partial charge in [0.2, 0.25) is 0 Å². The van der Waals surface area contributed by atoms with Crippen LogP contribution in [0, 0.1) is 0 Å². The van der Waals surface area contributed by atoms with Crippen LogP contribution < -0.4 is 0 Å². The Kier molecular flexibility index (Phi) is 7.67. The normalized spacial score (nSPS) is 12.4. The number of benzene rings is 1. The first-order valence-corrected chi connectivity index (χ1v) is 6.51. The summed E-state index contributed by atoms with van der Waals surface area (Å²) in [5.74, 6) is -0.0839. The lowest BCUT2D eigenvalue weighted by Gasteiger charge is -2.12. The van der Waals surface area contributed by atoms with E-state index >= 15 is 0 Å². The van der Waals surface area contributed by atoms with Gasteiger partial charge in [0.15, 0.2) is 5.78 Å². The van der Waals surface area contributed by atoms with E-state index in [4.69, 9.17) is 25.8 Å². The van der Waals surface area contributed by atoms with Crippen molar-refractivity contribution in [3.63, 3.8) is 0 Å². The van der Waals surface area contributed by atoms with Gasteiger partial charge in [0, 0.05) is 17.7 Å². The van der Waals surface area contributed by atoms with Crippen LogP contribution in [0.15, 0.2) is 24.3 Å². The van der Waals surface area contributed by atoms with Gasteiger partial charge in [-0.1, -0.05) is 23.7 Å². The predicted molar refractivity (Wildman–Crippen MR) is 73.9 cm³/mol. The molecule has 0 aromatic heterocycles. The monoisotopic (exact) mass is 286 g/mol. The van der Waals surface area contributed by atoms with Gasteiger partial charge in [-0.2, -0.15) is 0 Å². The highest BCUT2D eigenvalue weighted by atomic mass is 35.5. The van der Waals surface area contributed by atoms with Crippen molar-refractivity contribution in [2.75, 3.05) is 33.5 Å². The van der Waals surface area contributed by atoms with Crippen molar-refractivity contribution in [2.45, 2.75) is 13.0 Å². The van der Waals surface area contributed by atoms with Gasteiger partial charge in [-0.3, -0.25) is 4.79 Å². The van der Waals surface area contributed by atoms with Crippen LogP contribution >= 0.6 is 11.6 Å². The van der Waals surface area contributed by atoms with Gasteiger partial charge in [0.05, 0.1) is 26.4 Å². The third-order valence-corrected chi connectivity index (χ3v) is 2.74. The third kappa shape index (κ3) is 6.16. The van der Waals surface area contributed by atoms with Gasteiger partial charge >= 0.3 is 0 Å². The van der Waals surface area contributed by atoms with E-state index in [2.05, 4.69) is 0 Å². The summed E-state index contributed by atoms with van der Waals surface area (Å²) in [6.45, 7) is 3.61. The first-order chi connectivity index (χ1) is 9.15. The number of carbonyl (C=O) groups excluding carboxylic acids is 1. The maximum atomic E-state index is 12.0. The molecule has 0 spiro atoms. The standard InChI is InChI=1S/C14H19ClO4/c1-11(19-9-8-18-7-6-17-2)14(16)12-4-3-5-13(15)10-12/h3-5,10-11H,6-9H2,1-2H3. The second kappa shape index (κ2) is 9.04. The largest absolute Gasteiger partial charge is 0.382 e. The molecule has 0 amide bonds. The summed E-state index contributed by atoms with van der Waals surface area (Å²) in [5.41, 5.74) is 0.556. The summed E-state index contributed by atoms with van der Waals surface area (Å²) in [4.78, 5) is 12.0.